The summed E-state index contributed by atoms with van der Waals surface area (Å²) in [4.78, 5) is 30.5. The molecule has 1 aromatic heterocycles. The Morgan fingerprint density at radius 2 is 1.78 bits per heavy atom. The molecule has 0 radical (unpaired) electrons. The van der Waals surface area contributed by atoms with E-state index in [1.807, 2.05) is 0 Å². The third kappa shape index (κ3) is 5.38. The molecular weight excluding hydrogens is 423 g/mol. The van der Waals surface area contributed by atoms with Gasteiger partial charge in [0, 0.05) is 18.4 Å². The maximum absolute atomic E-state index is 13.7. The van der Waals surface area contributed by atoms with Gasteiger partial charge < -0.3 is 10.1 Å². The van der Waals surface area contributed by atoms with Crippen molar-refractivity contribution in [3.05, 3.63) is 53.9 Å². The minimum absolute atomic E-state index is 0.0534. The lowest BCUT2D eigenvalue weighted by Crippen LogP contribution is -2.50. The second-order valence-corrected chi connectivity index (χ2v) is 7.87. The Morgan fingerprint density at radius 1 is 1.12 bits per heavy atom. The zero-order valence-corrected chi connectivity index (χ0v) is 18.0. The number of amides is 2. The van der Waals surface area contributed by atoms with Crippen molar-refractivity contribution in [2.45, 2.75) is 57.3 Å². The Balaban J connectivity index is 2.14. The van der Waals surface area contributed by atoms with Gasteiger partial charge in [-0.15, -0.1) is 0 Å². The summed E-state index contributed by atoms with van der Waals surface area (Å²) in [6.07, 6.45) is 1.96. The minimum atomic E-state index is -5.20. The lowest BCUT2D eigenvalue weighted by molar-refractivity contribution is -0.171. The van der Waals surface area contributed by atoms with Crippen molar-refractivity contribution in [2.75, 3.05) is 12.0 Å². The number of carbonyl (C=O) groups is 2. The van der Waals surface area contributed by atoms with Gasteiger partial charge in [0.2, 0.25) is 5.91 Å². The van der Waals surface area contributed by atoms with Crippen molar-refractivity contribution in [1.82, 2.24) is 10.3 Å². The second kappa shape index (κ2) is 10.0. The molecule has 2 amide bonds. The van der Waals surface area contributed by atoms with E-state index >= 15 is 0 Å². The summed E-state index contributed by atoms with van der Waals surface area (Å²) in [7, 11) is 1.30. The molecule has 0 unspecified atom stereocenters. The highest BCUT2D eigenvalue weighted by Crippen LogP contribution is 2.38. The predicted octanol–water partition coefficient (Wildman–Crippen LogP) is 4.48. The van der Waals surface area contributed by atoms with E-state index in [-0.39, 0.29) is 23.0 Å². The molecule has 0 saturated heterocycles. The van der Waals surface area contributed by atoms with E-state index in [0.29, 0.717) is 10.5 Å². The highest BCUT2D eigenvalue weighted by molar-refractivity contribution is 6.04. The molecule has 3 rings (SSSR count). The maximum Gasteiger partial charge on any atom is 0.471 e. The number of pyridine rings is 1. The van der Waals surface area contributed by atoms with Crippen LogP contribution in [0.1, 0.15) is 49.3 Å². The molecular formula is C23H26F3N3O3. The SMILES string of the molecule is COc1ccc(C)cc1N(C(=O)C(F)(F)F)[C@H](C(=O)NC1CCCCC1)c1ccncc1. The Morgan fingerprint density at radius 3 is 2.38 bits per heavy atom. The van der Waals surface area contributed by atoms with Crippen LogP contribution in [0.3, 0.4) is 0 Å². The van der Waals surface area contributed by atoms with Crippen molar-refractivity contribution in [1.29, 1.82) is 0 Å². The van der Waals surface area contributed by atoms with Crippen LogP contribution in [0.5, 0.6) is 5.75 Å². The molecule has 1 heterocycles. The van der Waals surface area contributed by atoms with Crippen LogP contribution in [-0.4, -0.2) is 36.1 Å². The number of nitrogens with one attached hydrogen (secondary N) is 1. The summed E-state index contributed by atoms with van der Waals surface area (Å²) in [5.41, 5.74) is 0.701. The van der Waals surface area contributed by atoms with Crippen molar-refractivity contribution in [3.63, 3.8) is 0 Å². The monoisotopic (exact) mass is 449 g/mol. The van der Waals surface area contributed by atoms with E-state index in [1.54, 1.807) is 13.0 Å². The van der Waals surface area contributed by atoms with Gasteiger partial charge in [-0.3, -0.25) is 19.5 Å². The third-order valence-corrected chi connectivity index (χ3v) is 5.54. The first-order valence-corrected chi connectivity index (χ1v) is 10.5. The van der Waals surface area contributed by atoms with Crippen molar-refractivity contribution in [2.24, 2.45) is 0 Å². The Labute approximate surface area is 184 Å². The van der Waals surface area contributed by atoms with Gasteiger partial charge in [0.05, 0.1) is 12.8 Å². The number of hydrogen-bond donors (Lipinski definition) is 1. The molecule has 0 bridgehead atoms. The van der Waals surface area contributed by atoms with Crippen molar-refractivity contribution in [3.8, 4) is 5.75 Å². The number of carbonyl (C=O) groups excluding carboxylic acids is 2. The van der Waals surface area contributed by atoms with Crippen LogP contribution in [0.15, 0.2) is 42.7 Å². The van der Waals surface area contributed by atoms with Gasteiger partial charge in [-0.2, -0.15) is 13.2 Å². The molecule has 1 aromatic carbocycles. The fraction of sp³-hybridized carbons (Fsp3) is 0.435. The van der Waals surface area contributed by atoms with Gasteiger partial charge in [0.1, 0.15) is 11.8 Å². The van der Waals surface area contributed by atoms with E-state index in [4.69, 9.17) is 4.74 Å². The average molecular weight is 449 g/mol. The van der Waals surface area contributed by atoms with Gasteiger partial charge in [-0.05, 0) is 55.2 Å². The number of alkyl halides is 3. The van der Waals surface area contributed by atoms with E-state index in [0.717, 1.165) is 32.1 Å². The van der Waals surface area contributed by atoms with E-state index < -0.39 is 24.0 Å². The van der Waals surface area contributed by atoms with Gasteiger partial charge in [0.15, 0.2) is 0 Å². The zero-order valence-electron chi connectivity index (χ0n) is 18.0. The molecule has 1 aliphatic carbocycles. The standard InChI is InChI=1S/C23H26F3N3O3/c1-15-8-9-19(32-2)18(14-15)29(22(31)23(24,25)26)20(16-10-12-27-13-11-16)21(30)28-17-6-4-3-5-7-17/h8-14,17,20H,3-7H2,1-2H3,(H,28,30)/t20-/m0/s1. The number of halogens is 3. The van der Waals surface area contributed by atoms with Crippen LogP contribution in [0.4, 0.5) is 18.9 Å². The van der Waals surface area contributed by atoms with E-state index in [1.165, 1.54) is 43.8 Å². The number of ether oxygens (including phenoxy) is 1. The number of benzene rings is 1. The minimum Gasteiger partial charge on any atom is -0.495 e. The quantitative estimate of drug-likeness (QED) is 0.706. The van der Waals surface area contributed by atoms with Crippen LogP contribution in [0.2, 0.25) is 0 Å². The highest BCUT2D eigenvalue weighted by Gasteiger charge is 2.48. The first-order valence-electron chi connectivity index (χ1n) is 10.5. The highest BCUT2D eigenvalue weighted by atomic mass is 19.4. The van der Waals surface area contributed by atoms with Crippen LogP contribution < -0.4 is 15.0 Å². The summed E-state index contributed by atoms with van der Waals surface area (Å²) >= 11 is 0. The van der Waals surface area contributed by atoms with Gasteiger partial charge in [-0.25, -0.2) is 0 Å². The van der Waals surface area contributed by atoms with Crippen LogP contribution in [0, 0.1) is 6.92 Å². The second-order valence-electron chi connectivity index (χ2n) is 7.87. The van der Waals surface area contributed by atoms with Gasteiger partial charge in [0.25, 0.3) is 0 Å². The van der Waals surface area contributed by atoms with Gasteiger partial charge in [-0.1, -0.05) is 25.3 Å². The molecule has 2 aromatic rings. The van der Waals surface area contributed by atoms with Crippen LogP contribution in [0.25, 0.3) is 0 Å². The average Bonchev–Trinajstić information content (AvgIpc) is 2.77. The molecule has 1 saturated carbocycles. The summed E-state index contributed by atoms with van der Waals surface area (Å²) in [6.45, 7) is 1.68. The lowest BCUT2D eigenvalue weighted by Gasteiger charge is -2.34. The number of anilines is 1. The fourth-order valence-electron chi connectivity index (χ4n) is 3.98. The molecule has 6 nitrogen and oxygen atoms in total. The van der Waals surface area contributed by atoms with Crippen molar-refractivity contribution < 1.29 is 27.5 Å². The number of aryl methyl sites for hydroxylation is 1. The number of hydrogen-bond acceptors (Lipinski definition) is 4. The predicted molar refractivity (Wildman–Crippen MR) is 113 cm³/mol. The number of nitrogens with zero attached hydrogens (tertiary/aromatic N) is 2. The summed E-state index contributed by atoms with van der Waals surface area (Å²) in [5, 5.41) is 2.86. The maximum atomic E-state index is 13.7. The summed E-state index contributed by atoms with van der Waals surface area (Å²) in [6, 6.07) is 5.71. The zero-order chi connectivity index (χ0) is 23.3. The third-order valence-electron chi connectivity index (χ3n) is 5.54. The largest absolute Gasteiger partial charge is 0.495 e. The van der Waals surface area contributed by atoms with Crippen LogP contribution in [-0.2, 0) is 9.59 Å². The Kier molecular flexibility index (Phi) is 7.37. The number of rotatable bonds is 6. The van der Waals surface area contributed by atoms with E-state index in [2.05, 4.69) is 10.3 Å². The molecule has 1 atom stereocenters. The first kappa shape index (κ1) is 23.6. The molecule has 0 aliphatic heterocycles. The molecule has 172 valence electrons. The topological polar surface area (TPSA) is 71.5 Å². The first-order chi connectivity index (χ1) is 15.2. The summed E-state index contributed by atoms with van der Waals surface area (Å²) < 4.78 is 46.5. The smallest absolute Gasteiger partial charge is 0.471 e. The molecule has 0 spiro atoms. The molecule has 32 heavy (non-hydrogen) atoms. The van der Waals surface area contributed by atoms with Gasteiger partial charge >= 0.3 is 12.1 Å². The molecule has 1 aliphatic rings. The fourth-order valence-corrected chi connectivity index (χ4v) is 3.98. The molecule has 9 heteroatoms. The Hall–Kier alpha value is -3.10. The molecule has 1 N–H and O–H groups in total. The lowest BCUT2D eigenvalue weighted by atomic mass is 9.94. The Bertz CT molecular complexity index is 944. The molecule has 1 fully saturated rings. The van der Waals surface area contributed by atoms with Crippen LogP contribution >= 0.6 is 0 Å². The summed E-state index contributed by atoms with van der Waals surface area (Å²) in [5.74, 6) is -2.77. The normalized spacial score (nSPS) is 15.7. The number of aromatic nitrogens is 1. The van der Waals surface area contributed by atoms with Crippen molar-refractivity contribution >= 4 is 17.5 Å². The van der Waals surface area contributed by atoms with E-state index in [9.17, 15) is 22.8 Å². The number of methoxy groups -OCH3 is 1.